The molecular formula is C22H24N4O3. The first-order valence-electron chi connectivity index (χ1n) is 9.67. The maximum Gasteiger partial charge on any atom is 0.356 e. The molecule has 2 aromatic carbocycles. The first kappa shape index (κ1) is 19.0. The number of rotatable bonds is 5. The lowest BCUT2D eigenvalue weighted by Gasteiger charge is -2.35. The maximum absolute atomic E-state index is 12.7. The SMILES string of the molecule is COC(=O)c1[nH]c2ccccc2c1NC(=O)CN1CCN(c2ccccc2)CC1. The van der Waals surface area contributed by atoms with E-state index in [1.54, 1.807) is 0 Å². The van der Waals surface area contributed by atoms with Gasteiger partial charge in [0.1, 0.15) is 5.69 Å². The standard InChI is InChI=1S/C22H24N4O3/c1-29-22(28)21-20(17-9-5-6-10-18(17)23-21)24-19(27)15-25-11-13-26(14-12-25)16-7-3-2-4-8-16/h2-10,23H,11-15H2,1H3,(H,24,27). The molecule has 7 heteroatoms. The summed E-state index contributed by atoms with van der Waals surface area (Å²) in [7, 11) is 1.33. The number of methoxy groups -OCH3 is 1. The minimum Gasteiger partial charge on any atom is -0.464 e. The Morgan fingerprint density at radius 2 is 1.69 bits per heavy atom. The number of nitrogens with zero attached hydrogens (tertiary/aromatic N) is 2. The molecule has 0 bridgehead atoms. The molecule has 2 N–H and O–H groups in total. The summed E-state index contributed by atoms with van der Waals surface area (Å²) in [6.07, 6.45) is 0. The summed E-state index contributed by atoms with van der Waals surface area (Å²) in [6.45, 7) is 3.64. The predicted octanol–water partition coefficient (Wildman–Crippen LogP) is 2.72. The van der Waals surface area contributed by atoms with Crippen molar-refractivity contribution in [1.29, 1.82) is 0 Å². The molecule has 1 amide bonds. The minimum atomic E-state index is -0.507. The maximum atomic E-state index is 12.7. The number of benzene rings is 2. The molecule has 1 aromatic heterocycles. The van der Waals surface area contributed by atoms with Crippen molar-refractivity contribution >= 4 is 34.2 Å². The van der Waals surface area contributed by atoms with E-state index in [0.717, 1.165) is 37.1 Å². The molecule has 3 aromatic rings. The number of fused-ring (bicyclic) bond motifs is 1. The summed E-state index contributed by atoms with van der Waals surface area (Å²) in [4.78, 5) is 32.3. The fraction of sp³-hybridized carbons (Fsp3) is 0.273. The van der Waals surface area contributed by atoms with Crippen LogP contribution in [0.25, 0.3) is 10.9 Å². The van der Waals surface area contributed by atoms with Gasteiger partial charge in [0.25, 0.3) is 0 Å². The fourth-order valence-electron chi connectivity index (χ4n) is 3.71. The van der Waals surface area contributed by atoms with Crippen molar-refractivity contribution in [2.75, 3.05) is 50.1 Å². The molecule has 0 spiro atoms. The molecule has 7 nitrogen and oxygen atoms in total. The number of aromatic nitrogens is 1. The summed E-state index contributed by atoms with van der Waals surface area (Å²) in [5.74, 6) is -0.652. The number of aromatic amines is 1. The number of hydrogen-bond acceptors (Lipinski definition) is 5. The third-order valence-corrected chi connectivity index (χ3v) is 5.22. The highest BCUT2D eigenvalue weighted by Crippen LogP contribution is 2.28. The van der Waals surface area contributed by atoms with E-state index < -0.39 is 5.97 Å². The van der Waals surface area contributed by atoms with Gasteiger partial charge in [-0.05, 0) is 18.2 Å². The van der Waals surface area contributed by atoms with Crippen LogP contribution in [0.1, 0.15) is 10.5 Å². The zero-order chi connectivity index (χ0) is 20.2. The van der Waals surface area contributed by atoms with Crippen LogP contribution in [0.4, 0.5) is 11.4 Å². The first-order chi connectivity index (χ1) is 14.2. The molecule has 150 valence electrons. The van der Waals surface area contributed by atoms with Crippen molar-refractivity contribution in [3.8, 4) is 0 Å². The van der Waals surface area contributed by atoms with Crippen LogP contribution in [0.5, 0.6) is 0 Å². The predicted molar refractivity (Wildman–Crippen MR) is 113 cm³/mol. The normalized spacial score (nSPS) is 14.7. The van der Waals surface area contributed by atoms with Crippen LogP contribution < -0.4 is 10.2 Å². The zero-order valence-electron chi connectivity index (χ0n) is 16.4. The highest BCUT2D eigenvalue weighted by Gasteiger charge is 2.23. The number of anilines is 2. The number of esters is 1. The third kappa shape index (κ3) is 4.09. The van der Waals surface area contributed by atoms with Crippen LogP contribution in [0.3, 0.4) is 0 Å². The molecule has 2 heterocycles. The highest BCUT2D eigenvalue weighted by molar-refractivity contribution is 6.11. The Morgan fingerprint density at radius 3 is 2.41 bits per heavy atom. The smallest absolute Gasteiger partial charge is 0.356 e. The van der Waals surface area contributed by atoms with E-state index in [9.17, 15) is 9.59 Å². The molecular weight excluding hydrogens is 368 g/mol. The second-order valence-electron chi connectivity index (χ2n) is 7.06. The molecule has 0 atom stereocenters. The first-order valence-corrected chi connectivity index (χ1v) is 9.67. The van der Waals surface area contributed by atoms with Gasteiger partial charge in [-0.2, -0.15) is 0 Å². The molecule has 0 aliphatic carbocycles. The van der Waals surface area contributed by atoms with Crippen LogP contribution in [0.2, 0.25) is 0 Å². The number of carbonyl (C=O) groups is 2. The Labute approximate surface area is 169 Å². The number of para-hydroxylation sites is 2. The van der Waals surface area contributed by atoms with Crippen LogP contribution in [-0.4, -0.2) is 61.6 Å². The lowest BCUT2D eigenvalue weighted by Crippen LogP contribution is -2.48. The number of ether oxygens (including phenoxy) is 1. The number of amides is 1. The summed E-state index contributed by atoms with van der Waals surface area (Å²) in [5.41, 5.74) is 2.72. The van der Waals surface area contributed by atoms with Crippen molar-refractivity contribution in [2.24, 2.45) is 0 Å². The van der Waals surface area contributed by atoms with Crippen molar-refractivity contribution in [3.05, 3.63) is 60.3 Å². The Hall–Kier alpha value is -3.32. The van der Waals surface area contributed by atoms with E-state index in [0.29, 0.717) is 5.69 Å². The number of nitrogens with one attached hydrogen (secondary N) is 2. The summed E-state index contributed by atoms with van der Waals surface area (Å²) in [6, 6.07) is 17.8. The largest absolute Gasteiger partial charge is 0.464 e. The van der Waals surface area contributed by atoms with E-state index in [-0.39, 0.29) is 18.1 Å². The van der Waals surface area contributed by atoms with Gasteiger partial charge in [-0.15, -0.1) is 0 Å². The van der Waals surface area contributed by atoms with Crippen LogP contribution >= 0.6 is 0 Å². The molecule has 0 radical (unpaired) electrons. The Kier molecular flexibility index (Phi) is 5.48. The van der Waals surface area contributed by atoms with Gasteiger partial charge < -0.3 is 19.9 Å². The molecule has 1 aliphatic rings. The number of H-pyrrole nitrogens is 1. The minimum absolute atomic E-state index is 0.145. The Bertz CT molecular complexity index is 1010. The van der Waals surface area contributed by atoms with Crippen molar-refractivity contribution in [3.63, 3.8) is 0 Å². The van der Waals surface area contributed by atoms with Gasteiger partial charge in [-0.1, -0.05) is 36.4 Å². The lowest BCUT2D eigenvalue weighted by molar-refractivity contribution is -0.117. The highest BCUT2D eigenvalue weighted by atomic mass is 16.5. The molecule has 4 rings (SSSR count). The van der Waals surface area contributed by atoms with Gasteiger partial charge in [-0.25, -0.2) is 4.79 Å². The van der Waals surface area contributed by atoms with Crippen LogP contribution in [0, 0.1) is 0 Å². The van der Waals surface area contributed by atoms with E-state index in [4.69, 9.17) is 4.74 Å². The van der Waals surface area contributed by atoms with E-state index in [1.807, 2.05) is 42.5 Å². The van der Waals surface area contributed by atoms with Gasteiger partial charge in [0, 0.05) is 42.8 Å². The van der Waals surface area contributed by atoms with E-state index >= 15 is 0 Å². The molecule has 1 fully saturated rings. The van der Waals surface area contributed by atoms with Gasteiger partial charge in [0.2, 0.25) is 5.91 Å². The zero-order valence-corrected chi connectivity index (χ0v) is 16.4. The molecule has 29 heavy (non-hydrogen) atoms. The Morgan fingerprint density at radius 1 is 1.00 bits per heavy atom. The second-order valence-corrected chi connectivity index (χ2v) is 7.06. The average molecular weight is 392 g/mol. The molecule has 1 aliphatic heterocycles. The van der Waals surface area contributed by atoms with E-state index in [2.05, 4.69) is 32.2 Å². The van der Waals surface area contributed by atoms with Crippen molar-refractivity contribution < 1.29 is 14.3 Å². The average Bonchev–Trinajstić information content (AvgIpc) is 3.12. The van der Waals surface area contributed by atoms with E-state index in [1.165, 1.54) is 12.8 Å². The molecule has 1 saturated heterocycles. The van der Waals surface area contributed by atoms with Crippen molar-refractivity contribution in [2.45, 2.75) is 0 Å². The summed E-state index contributed by atoms with van der Waals surface area (Å²) >= 11 is 0. The van der Waals surface area contributed by atoms with Crippen molar-refractivity contribution in [1.82, 2.24) is 9.88 Å². The third-order valence-electron chi connectivity index (χ3n) is 5.22. The lowest BCUT2D eigenvalue weighted by atomic mass is 10.2. The molecule has 0 unspecified atom stereocenters. The topological polar surface area (TPSA) is 77.7 Å². The number of carbonyl (C=O) groups excluding carboxylic acids is 2. The second kappa shape index (κ2) is 8.36. The molecule has 0 saturated carbocycles. The van der Waals surface area contributed by atoms with Gasteiger partial charge in [0.15, 0.2) is 0 Å². The number of hydrogen-bond donors (Lipinski definition) is 2. The Balaban J connectivity index is 1.41. The monoisotopic (exact) mass is 392 g/mol. The number of piperazine rings is 1. The van der Waals surface area contributed by atoms with Gasteiger partial charge >= 0.3 is 5.97 Å². The van der Waals surface area contributed by atoms with Crippen LogP contribution in [0.15, 0.2) is 54.6 Å². The quantitative estimate of drug-likeness (QED) is 0.653. The van der Waals surface area contributed by atoms with Gasteiger partial charge in [0.05, 0.1) is 19.3 Å². The van der Waals surface area contributed by atoms with Gasteiger partial charge in [-0.3, -0.25) is 9.69 Å². The summed E-state index contributed by atoms with van der Waals surface area (Å²) in [5, 5.41) is 3.70. The fourth-order valence-corrected chi connectivity index (χ4v) is 3.71. The van der Waals surface area contributed by atoms with Crippen LogP contribution in [-0.2, 0) is 9.53 Å². The summed E-state index contributed by atoms with van der Waals surface area (Å²) < 4.78 is 4.85.